The van der Waals surface area contributed by atoms with E-state index in [4.69, 9.17) is 9.40 Å². The molecule has 0 bridgehead atoms. The van der Waals surface area contributed by atoms with E-state index in [1.54, 1.807) is 22.6 Å². The van der Waals surface area contributed by atoms with Gasteiger partial charge < -0.3 is 19.1 Å². The second-order valence-corrected chi connectivity index (χ2v) is 10.2. The summed E-state index contributed by atoms with van der Waals surface area (Å²) in [6, 6.07) is 5.41. The van der Waals surface area contributed by atoms with E-state index in [1.807, 2.05) is 12.3 Å². The highest BCUT2D eigenvalue weighted by Crippen LogP contribution is 2.39. The Hall–Kier alpha value is -2.69. The lowest BCUT2D eigenvalue weighted by molar-refractivity contribution is 0.248. The monoisotopic (exact) mass is 427 g/mol. The summed E-state index contributed by atoms with van der Waals surface area (Å²) in [6.07, 6.45) is 5.77. The fourth-order valence-corrected chi connectivity index (χ4v) is 6.33. The van der Waals surface area contributed by atoms with Gasteiger partial charge in [-0.25, -0.2) is 18.4 Å². The number of aromatic amines is 1. The van der Waals surface area contributed by atoms with E-state index in [0.29, 0.717) is 36.9 Å². The molecule has 30 heavy (non-hydrogen) atoms. The van der Waals surface area contributed by atoms with E-state index < -0.39 is 10.0 Å². The molecule has 10 heteroatoms. The standard InChI is InChI=1S/C20H21N5O4S/c26-11-13-1-4-17(29-13)20-23-16-9-22-19-15(5-7-21-19)18(16)25(20)12-6-8-24(10-12)30(27,28)14-2-3-14/h1,4-5,7,9,12,14,26H,2-3,6,8,10-11H2,(H,21,22). The molecule has 9 nitrogen and oxygen atoms in total. The number of furan rings is 1. The summed E-state index contributed by atoms with van der Waals surface area (Å²) in [7, 11) is -3.23. The smallest absolute Gasteiger partial charge is 0.217 e. The van der Waals surface area contributed by atoms with Gasteiger partial charge in [0.05, 0.1) is 23.0 Å². The van der Waals surface area contributed by atoms with Gasteiger partial charge >= 0.3 is 0 Å². The number of sulfonamides is 1. The van der Waals surface area contributed by atoms with Crippen LogP contribution in [0, 0.1) is 0 Å². The summed E-state index contributed by atoms with van der Waals surface area (Å²) in [4.78, 5) is 12.4. The summed E-state index contributed by atoms with van der Waals surface area (Å²) >= 11 is 0. The number of aliphatic hydroxyl groups is 1. The lowest BCUT2D eigenvalue weighted by atomic mass is 10.2. The summed E-state index contributed by atoms with van der Waals surface area (Å²) in [6.45, 7) is 0.726. The molecule has 4 aromatic heterocycles. The molecule has 1 saturated carbocycles. The summed E-state index contributed by atoms with van der Waals surface area (Å²) < 4.78 is 35.1. The zero-order valence-electron chi connectivity index (χ0n) is 16.2. The summed E-state index contributed by atoms with van der Waals surface area (Å²) in [5.74, 6) is 1.62. The molecule has 1 aliphatic carbocycles. The van der Waals surface area contributed by atoms with Crippen molar-refractivity contribution in [3.8, 4) is 11.6 Å². The van der Waals surface area contributed by atoms with Crippen LogP contribution in [0.1, 0.15) is 31.1 Å². The molecule has 1 unspecified atom stereocenters. The third-order valence-corrected chi connectivity index (χ3v) is 8.43. The lowest BCUT2D eigenvalue weighted by Gasteiger charge is -2.18. The van der Waals surface area contributed by atoms with Gasteiger partial charge in [-0.2, -0.15) is 4.31 Å². The second kappa shape index (κ2) is 6.40. The van der Waals surface area contributed by atoms with Gasteiger partial charge in [0, 0.05) is 24.7 Å². The molecule has 0 amide bonds. The molecular formula is C20H21N5O4S. The van der Waals surface area contributed by atoms with E-state index in [1.165, 1.54) is 0 Å². The number of aliphatic hydroxyl groups excluding tert-OH is 1. The Balaban J connectivity index is 1.52. The minimum atomic E-state index is -3.23. The summed E-state index contributed by atoms with van der Waals surface area (Å²) in [5.41, 5.74) is 2.39. The van der Waals surface area contributed by atoms with Gasteiger partial charge in [0.15, 0.2) is 11.6 Å². The van der Waals surface area contributed by atoms with Crippen LogP contribution in [0.2, 0.25) is 0 Å². The average molecular weight is 427 g/mol. The van der Waals surface area contributed by atoms with Crippen LogP contribution < -0.4 is 0 Å². The van der Waals surface area contributed by atoms with E-state index >= 15 is 0 Å². The predicted octanol–water partition coefficient (Wildman–Crippen LogP) is 2.40. The van der Waals surface area contributed by atoms with E-state index in [0.717, 1.165) is 34.9 Å². The molecule has 2 N–H and O–H groups in total. The quantitative estimate of drug-likeness (QED) is 0.505. The van der Waals surface area contributed by atoms with Crippen molar-refractivity contribution in [2.24, 2.45) is 0 Å². The molecule has 1 saturated heterocycles. The molecule has 4 aromatic rings. The molecule has 156 valence electrons. The van der Waals surface area contributed by atoms with Gasteiger partial charge in [0.2, 0.25) is 10.0 Å². The highest BCUT2D eigenvalue weighted by Gasteiger charge is 2.43. The normalized spacial score (nSPS) is 20.6. The maximum Gasteiger partial charge on any atom is 0.217 e. The fourth-order valence-electron chi connectivity index (χ4n) is 4.43. The van der Waals surface area contributed by atoms with Gasteiger partial charge in [-0.05, 0) is 37.5 Å². The first-order valence-electron chi connectivity index (χ1n) is 10.1. The van der Waals surface area contributed by atoms with Crippen LogP contribution in [0.25, 0.3) is 33.7 Å². The molecule has 0 radical (unpaired) electrons. The van der Waals surface area contributed by atoms with Crippen molar-refractivity contribution in [3.05, 3.63) is 36.4 Å². The van der Waals surface area contributed by atoms with Crippen LogP contribution in [-0.4, -0.2) is 55.7 Å². The average Bonchev–Trinajstić information content (AvgIpc) is 3.15. The Bertz CT molecular complexity index is 1360. The van der Waals surface area contributed by atoms with Crippen molar-refractivity contribution < 1.29 is 17.9 Å². The van der Waals surface area contributed by atoms with Crippen LogP contribution in [0.3, 0.4) is 0 Å². The zero-order chi connectivity index (χ0) is 20.5. The molecule has 1 aliphatic heterocycles. The van der Waals surface area contributed by atoms with Crippen LogP contribution in [-0.2, 0) is 16.6 Å². The molecule has 5 heterocycles. The third-order valence-electron chi connectivity index (χ3n) is 6.07. The topological polar surface area (TPSA) is 117 Å². The van der Waals surface area contributed by atoms with Crippen LogP contribution in [0.4, 0.5) is 0 Å². The second-order valence-electron chi connectivity index (χ2n) is 8.01. The van der Waals surface area contributed by atoms with Gasteiger partial charge in [-0.15, -0.1) is 0 Å². The molecule has 0 spiro atoms. The van der Waals surface area contributed by atoms with Crippen LogP contribution in [0.5, 0.6) is 0 Å². The number of hydrogen-bond donors (Lipinski definition) is 2. The van der Waals surface area contributed by atoms with Gasteiger partial charge in [0.1, 0.15) is 23.5 Å². The molecule has 0 aromatic carbocycles. The van der Waals surface area contributed by atoms with Crippen molar-refractivity contribution in [1.82, 2.24) is 23.8 Å². The number of nitrogens with one attached hydrogen (secondary N) is 1. The Morgan fingerprint density at radius 3 is 2.87 bits per heavy atom. The Morgan fingerprint density at radius 2 is 2.10 bits per heavy atom. The first kappa shape index (κ1) is 18.1. The predicted molar refractivity (Wildman–Crippen MR) is 110 cm³/mol. The number of aromatic nitrogens is 4. The SMILES string of the molecule is O=S(=O)(C1CC1)N1CCC(n2c(-c3ccc(CO)o3)nc3cnc4[nH]ccc4c32)C1. The number of nitrogens with zero attached hydrogens (tertiary/aromatic N) is 4. The third kappa shape index (κ3) is 2.64. The number of hydrogen-bond acceptors (Lipinski definition) is 6. The van der Waals surface area contributed by atoms with E-state index in [2.05, 4.69) is 14.5 Å². The number of pyridine rings is 1. The minimum absolute atomic E-state index is 0.0679. The first-order valence-corrected chi connectivity index (χ1v) is 11.6. The van der Waals surface area contributed by atoms with Crippen molar-refractivity contribution in [1.29, 1.82) is 0 Å². The number of fused-ring (bicyclic) bond motifs is 3. The number of rotatable bonds is 5. The van der Waals surface area contributed by atoms with Crippen LogP contribution >= 0.6 is 0 Å². The van der Waals surface area contributed by atoms with Crippen molar-refractivity contribution in [2.45, 2.75) is 37.2 Å². The zero-order valence-corrected chi connectivity index (χ0v) is 17.0. The van der Waals surface area contributed by atoms with E-state index in [-0.39, 0.29) is 17.9 Å². The Morgan fingerprint density at radius 1 is 1.23 bits per heavy atom. The van der Waals surface area contributed by atoms with Crippen LogP contribution in [0.15, 0.2) is 35.0 Å². The van der Waals surface area contributed by atoms with Crippen molar-refractivity contribution in [3.63, 3.8) is 0 Å². The molecular weight excluding hydrogens is 406 g/mol. The molecule has 2 fully saturated rings. The summed E-state index contributed by atoms with van der Waals surface area (Å²) in [5, 5.41) is 10.1. The van der Waals surface area contributed by atoms with Gasteiger partial charge in [0.25, 0.3) is 0 Å². The molecule has 2 aliphatic rings. The molecule has 1 atom stereocenters. The molecule has 6 rings (SSSR count). The van der Waals surface area contributed by atoms with Crippen molar-refractivity contribution in [2.75, 3.05) is 13.1 Å². The highest BCUT2D eigenvalue weighted by atomic mass is 32.2. The largest absolute Gasteiger partial charge is 0.455 e. The number of H-pyrrole nitrogens is 1. The Kier molecular flexibility index (Phi) is 3.86. The number of imidazole rings is 1. The Labute approximate surface area is 172 Å². The fraction of sp³-hybridized carbons (Fsp3) is 0.400. The highest BCUT2D eigenvalue weighted by molar-refractivity contribution is 7.90. The first-order chi connectivity index (χ1) is 14.6. The van der Waals surface area contributed by atoms with Gasteiger partial charge in [-0.3, -0.25) is 0 Å². The maximum atomic E-state index is 12.8. The maximum absolute atomic E-state index is 12.8. The van der Waals surface area contributed by atoms with Gasteiger partial charge in [-0.1, -0.05) is 0 Å². The lowest BCUT2D eigenvalue weighted by Crippen LogP contribution is -2.32. The van der Waals surface area contributed by atoms with Crippen molar-refractivity contribution >= 4 is 32.1 Å². The minimum Gasteiger partial charge on any atom is -0.455 e. The van der Waals surface area contributed by atoms with E-state index in [9.17, 15) is 13.5 Å².